The Bertz CT molecular complexity index is 3370. The number of benzene rings is 10. The molecule has 0 unspecified atom stereocenters. The molecule has 0 radical (unpaired) electrons. The molecule has 0 atom stereocenters. The second-order valence-electron chi connectivity index (χ2n) is 15.9. The number of para-hydroxylation sites is 2. The van der Waals surface area contributed by atoms with Crippen LogP contribution in [-0.2, 0) is 0 Å². The van der Waals surface area contributed by atoms with Crippen LogP contribution in [0.3, 0.4) is 0 Å². The molecular formula is C57H41NO. The minimum Gasteiger partial charge on any atom is -0.455 e. The summed E-state index contributed by atoms with van der Waals surface area (Å²) >= 11 is 0. The third-order valence-corrected chi connectivity index (χ3v) is 12.2. The highest BCUT2D eigenvalue weighted by molar-refractivity contribution is 6.25. The summed E-state index contributed by atoms with van der Waals surface area (Å²) < 4.78 is 6.45. The molecule has 1 aromatic heterocycles. The molecule has 11 rings (SSSR count). The van der Waals surface area contributed by atoms with Crippen molar-refractivity contribution < 1.29 is 4.42 Å². The van der Waals surface area contributed by atoms with Crippen LogP contribution < -0.4 is 4.90 Å². The molecule has 0 saturated heterocycles. The zero-order valence-electron chi connectivity index (χ0n) is 33.3. The molecule has 2 heteroatoms. The molecule has 2 nitrogen and oxygen atoms in total. The smallest absolute Gasteiger partial charge is 0.143 e. The van der Waals surface area contributed by atoms with Gasteiger partial charge in [0.2, 0.25) is 0 Å². The normalized spacial score (nSPS) is 11.6. The average Bonchev–Trinajstić information content (AvgIpc) is 3.67. The van der Waals surface area contributed by atoms with Gasteiger partial charge in [0.25, 0.3) is 0 Å². The standard InChI is InChI=1S/C57H41NO/c1-36-19-20-37(2)53(33-36)54-34-41(22-21-38(54)3)39-23-27-42(28-24-39)58(44-31-32-50-48-13-5-4-11-46(48)47-12-6-7-14-49(47)55(50)35-44)43-29-25-40(26-30-43)45-16-10-17-52-51-15-8-9-18-56(51)59-57(45)52/h4-35H,1-3H3. The van der Waals surface area contributed by atoms with E-state index in [1.54, 1.807) is 0 Å². The maximum atomic E-state index is 6.45. The highest BCUT2D eigenvalue weighted by atomic mass is 16.3. The van der Waals surface area contributed by atoms with Gasteiger partial charge < -0.3 is 9.32 Å². The maximum absolute atomic E-state index is 6.45. The van der Waals surface area contributed by atoms with E-state index in [0.717, 1.165) is 50.1 Å². The molecule has 280 valence electrons. The fourth-order valence-corrected chi connectivity index (χ4v) is 9.17. The number of hydrogen-bond acceptors (Lipinski definition) is 2. The second-order valence-corrected chi connectivity index (χ2v) is 15.9. The van der Waals surface area contributed by atoms with Crippen LogP contribution in [0.1, 0.15) is 16.7 Å². The van der Waals surface area contributed by atoms with Gasteiger partial charge in [-0.3, -0.25) is 0 Å². The van der Waals surface area contributed by atoms with Crippen LogP contribution in [0.15, 0.2) is 199 Å². The van der Waals surface area contributed by atoms with Gasteiger partial charge in [0, 0.05) is 33.4 Å². The molecule has 0 aliphatic carbocycles. The zero-order valence-corrected chi connectivity index (χ0v) is 33.3. The minimum absolute atomic E-state index is 0.907. The summed E-state index contributed by atoms with van der Waals surface area (Å²) in [5, 5.41) is 9.84. The molecule has 0 fully saturated rings. The highest BCUT2D eigenvalue weighted by Gasteiger charge is 2.18. The molecule has 1 heterocycles. The van der Waals surface area contributed by atoms with E-state index < -0.39 is 0 Å². The van der Waals surface area contributed by atoms with E-state index in [1.165, 1.54) is 71.3 Å². The lowest BCUT2D eigenvalue weighted by Gasteiger charge is -2.27. The first-order chi connectivity index (χ1) is 29.0. The lowest BCUT2D eigenvalue weighted by Crippen LogP contribution is -2.10. The van der Waals surface area contributed by atoms with Gasteiger partial charge >= 0.3 is 0 Å². The largest absolute Gasteiger partial charge is 0.455 e. The Labute approximate surface area is 344 Å². The van der Waals surface area contributed by atoms with Crippen molar-refractivity contribution in [2.45, 2.75) is 20.8 Å². The SMILES string of the molecule is Cc1ccc(C)c(-c2cc(-c3ccc(N(c4ccc(-c5cccc6c5oc5ccccc56)cc4)c4ccc5c6ccccc6c6ccccc6c5c4)cc3)ccc2C)c1. The molecule has 11 aromatic rings. The van der Waals surface area contributed by atoms with Crippen molar-refractivity contribution in [2.24, 2.45) is 0 Å². The summed E-state index contributed by atoms with van der Waals surface area (Å²) in [6.45, 7) is 6.58. The second kappa shape index (κ2) is 13.9. The predicted octanol–water partition coefficient (Wildman–Crippen LogP) is 16.4. The fraction of sp³-hybridized carbons (Fsp3) is 0.0526. The van der Waals surface area contributed by atoms with Gasteiger partial charge in [-0.1, -0.05) is 151 Å². The molecular weight excluding hydrogens is 715 g/mol. The quantitative estimate of drug-likeness (QED) is 0.157. The number of rotatable bonds is 6. The Morgan fingerprint density at radius 3 is 1.51 bits per heavy atom. The van der Waals surface area contributed by atoms with E-state index in [0.29, 0.717) is 0 Å². The number of furan rings is 1. The first kappa shape index (κ1) is 34.8. The van der Waals surface area contributed by atoms with E-state index in [1.807, 2.05) is 12.1 Å². The summed E-state index contributed by atoms with van der Waals surface area (Å²) in [6.07, 6.45) is 0. The molecule has 0 bridgehead atoms. The number of hydrogen-bond donors (Lipinski definition) is 0. The Kier molecular flexibility index (Phi) is 8.20. The molecule has 0 spiro atoms. The third kappa shape index (κ3) is 5.87. The Balaban J connectivity index is 1.05. The lowest BCUT2D eigenvalue weighted by atomic mass is 9.92. The van der Waals surface area contributed by atoms with Gasteiger partial charge in [0.15, 0.2) is 0 Å². The van der Waals surface area contributed by atoms with Crippen LogP contribution in [0.25, 0.3) is 87.6 Å². The van der Waals surface area contributed by atoms with Crippen LogP contribution in [0, 0.1) is 20.8 Å². The molecule has 0 aliphatic rings. The zero-order chi connectivity index (χ0) is 39.6. The van der Waals surface area contributed by atoms with E-state index in [9.17, 15) is 0 Å². The van der Waals surface area contributed by atoms with Crippen LogP contribution in [0.4, 0.5) is 17.1 Å². The number of fused-ring (bicyclic) bond motifs is 9. The van der Waals surface area contributed by atoms with Gasteiger partial charge in [-0.25, -0.2) is 0 Å². The van der Waals surface area contributed by atoms with Crippen molar-refractivity contribution >= 4 is 71.3 Å². The van der Waals surface area contributed by atoms with E-state index in [-0.39, 0.29) is 0 Å². The van der Waals surface area contributed by atoms with Crippen molar-refractivity contribution in [2.75, 3.05) is 4.90 Å². The van der Waals surface area contributed by atoms with Gasteiger partial charge in [-0.2, -0.15) is 0 Å². The van der Waals surface area contributed by atoms with Crippen molar-refractivity contribution in [1.29, 1.82) is 0 Å². The van der Waals surface area contributed by atoms with Gasteiger partial charge in [-0.05, 0) is 141 Å². The Morgan fingerprint density at radius 2 is 0.831 bits per heavy atom. The molecule has 10 aromatic carbocycles. The molecule has 0 aliphatic heterocycles. The highest BCUT2D eigenvalue weighted by Crippen LogP contribution is 2.43. The van der Waals surface area contributed by atoms with Gasteiger partial charge in [-0.15, -0.1) is 0 Å². The Hall–Kier alpha value is -7.42. The number of aryl methyl sites for hydroxylation is 3. The van der Waals surface area contributed by atoms with Crippen LogP contribution in [0.5, 0.6) is 0 Å². The van der Waals surface area contributed by atoms with Crippen molar-refractivity contribution in [1.82, 2.24) is 0 Å². The van der Waals surface area contributed by atoms with Crippen LogP contribution in [-0.4, -0.2) is 0 Å². The van der Waals surface area contributed by atoms with Crippen molar-refractivity contribution in [3.05, 3.63) is 211 Å². The lowest BCUT2D eigenvalue weighted by molar-refractivity contribution is 0.670. The van der Waals surface area contributed by atoms with Crippen LogP contribution >= 0.6 is 0 Å². The molecule has 0 amide bonds. The average molecular weight is 756 g/mol. The maximum Gasteiger partial charge on any atom is 0.143 e. The summed E-state index contributed by atoms with van der Waals surface area (Å²) in [4.78, 5) is 2.38. The first-order valence-electron chi connectivity index (χ1n) is 20.4. The third-order valence-electron chi connectivity index (χ3n) is 12.2. The van der Waals surface area contributed by atoms with Crippen molar-refractivity contribution in [3.8, 4) is 33.4 Å². The summed E-state index contributed by atoms with van der Waals surface area (Å²) in [5.41, 5.74) is 16.1. The molecule has 0 saturated carbocycles. The summed E-state index contributed by atoms with van der Waals surface area (Å²) in [5.74, 6) is 0. The monoisotopic (exact) mass is 755 g/mol. The van der Waals surface area contributed by atoms with Gasteiger partial charge in [0.05, 0.1) is 0 Å². The van der Waals surface area contributed by atoms with Crippen LogP contribution in [0.2, 0.25) is 0 Å². The Morgan fingerprint density at radius 1 is 0.322 bits per heavy atom. The van der Waals surface area contributed by atoms with E-state index in [4.69, 9.17) is 4.42 Å². The fourth-order valence-electron chi connectivity index (χ4n) is 9.17. The van der Waals surface area contributed by atoms with E-state index in [2.05, 4.69) is 208 Å². The minimum atomic E-state index is 0.907. The first-order valence-corrected chi connectivity index (χ1v) is 20.4. The topological polar surface area (TPSA) is 16.4 Å². The summed E-state index contributed by atoms with van der Waals surface area (Å²) in [7, 11) is 0. The van der Waals surface area contributed by atoms with E-state index >= 15 is 0 Å². The summed E-state index contributed by atoms with van der Waals surface area (Å²) in [6, 6.07) is 70.8. The molecule has 0 N–H and O–H groups in total. The van der Waals surface area contributed by atoms with Gasteiger partial charge in [0.1, 0.15) is 11.2 Å². The number of anilines is 3. The number of nitrogens with zero attached hydrogens (tertiary/aromatic N) is 1. The molecule has 59 heavy (non-hydrogen) atoms. The van der Waals surface area contributed by atoms with Crippen molar-refractivity contribution in [3.63, 3.8) is 0 Å². The predicted molar refractivity (Wildman–Crippen MR) is 251 cm³/mol.